The number of rotatable bonds is 9. The van der Waals surface area contributed by atoms with Crippen LogP contribution in [0, 0.1) is 5.92 Å². The fraction of sp³-hybridized carbons (Fsp3) is 0.348. The Labute approximate surface area is 152 Å². The average molecular weight is 335 g/mol. The molecule has 2 rings (SSSR count). The monoisotopic (exact) mass is 335 g/mol. The highest BCUT2D eigenvalue weighted by atomic mass is 16.1. The lowest BCUT2D eigenvalue weighted by atomic mass is 9.97. The molecule has 0 aliphatic carbocycles. The van der Waals surface area contributed by atoms with E-state index in [2.05, 4.69) is 48.7 Å². The number of carbonyl (C=O) groups is 1. The Balaban J connectivity index is 1.88. The van der Waals surface area contributed by atoms with Gasteiger partial charge in [0.15, 0.2) is 0 Å². The van der Waals surface area contributed by atoms with Crippen molar-refractivity contribution in [3.05, 3.63) is 66.7 Å². The third-order valence-corrected chi connectivity index (χ3v) is 4.53. The van der Waals surface area contributed by atoms with Crippen LogP contribution in [0.5, 0.6) is 0 Å². The van der Waals surface area contributed by atoms with Crippen LogP contribution in [0.15, 0.2) is 66.7 Å². The molecule has 0 spiro atoms. The van der Waals surface area contributed by atoms with Crippen LogP contribution in [0.25, 0.3) is 11.1 Å². The summed E-state index contributed by atoms with van der Waals surface area (Å²) in [7, 11) is 0. The molecule has 1 amide bonds. The summed E-state index contributed by atoms with van der Waals surface area (Å²) in [5, 5.41) is 3.07. The normalized spacial score (nSPS) is 12.2. The predicted molar refractivity (Wildman–Crippen MR) is 108 cm³/mol. The first-order chi connectivity index (χ1) is 12.2. The van der Waals surface area contributed by atoms with Gasteiger partial charge in [0.2, 0.25) is 5.91 Å². The minimum atomic E-state index is 0.0967. The smallest absolute Gasteiger partial charge is 0.227 e. The van der Waals surface area contributed by atoms with Crippen LogP contribution >= 0.6 is 0 Å². The Bertz CT molecular complexity index is 658. The zero-order chi connectivity index (χ0) is 17.9. The fourth-order valence-corrected chi connectivity index (χ4v) is 2.96. The van der Waals surface area contributed by atoms with Crippen molar-refractivity contribution in [2.75, 3.05) is 5.32 Å². The predicted octanol–water partition coefficient (Wildman–Crippen LogP) is 6.45. The molecule has 0 heterocycles. The third-order valence-electron chi connectivity index (χ3n) is 4.53. The van der Waals surface area contributed by atoms with E-state index >= 15 is 0 Å². The summed E-state index contributed by atoms with van der Waals surface area (Å²) >= 11 is 0. The van der Waals surface area contributed by atoms with Crippen LogP contribution in [-0.4, -0.2) is 5.91 Å². The molecule has 0 bridgehead atoms. The maximum atomic E-state index is 12.5. The van der Waals surface area contributed by atoms with E-state index in [9.17, 15) is 4.79 Å². The average Bonchev–Trinajstić information content (AvgIpc) is 2.66. The number of nitrogens with one attached hydrogen (secondary N) is 1. The van der Waals surface area contributed by atoms with Gasteiger partial charge in [-0.2, -0.15) is 0 Å². The van der Waals surface area contributed by atoms with Crippen molar-refractivity contribution in [1.82, 2.24) is 0 Å². The molecule has 2 heteroatoms. The lowest BCUT2D eigenvalue weighted by molar-refractivity contribution is -0.120. The number of amides is 1. The van der Waals surface area contributed by atoms with E-state index < -0.39 is 0 Å². The maximum Gasteiger partial charge on any atom is 0.227 e. The molecule has 132 valence electrons. The molecule has 1 N–H and O–H groups in total. The lowest BCUT2D eigenvalue weighted by Gasteiger charge is -2.15. The van der Waals surface area contributed by atoms with Crippen LogP contribution in [0.3, 0.4) is 0 Å². The van der Waals surface area contributed by atoms with Gasteiger partial charge in [0, 0.05) is 11.6 Å². The van der Waals surface area contributed by atoms with Gasteiger partial charge in [0.1, 0.15) is 0 Å². The number of benzene rings is 2. The van der Waals surface area contributed by atoms with Crippen LogP contribution < -0.4 is 5.32 Å². The van der Waals surface area contributed by atoms with E-state index in [4.69, 9.17) is 0 Å². The van der Waals surface area contributed by atoms with Gasteiger partial charge in [0.25, 0.3) is 0 Å². The van der Waals surface area contributed by atoms with E-state index in [1.54, 1.807) is 0 Å². The Morgan fingerprint density at radius 1 is 1.00 bits per heavy atom. The fourth-order valence-electron chi connectivity index (χ4n) is 2.96. The molecule has 0 saturated heterocycles. The number of hydrogen-bond acceptors (Lipinski definition) is 1. The zero-order valence-electron chi connectivity index (χ0n) is 15.4. The standard InChI is InChI=1S/C23H29NO/c1-3-5-6-7-9-12-19(4-2)23(25)24-22-17-15-21(16-18-22)20-13-10-8-11-14-20/h3,5,8,10-11,13-19H,4,6-7,9,12H2,1-2H3,(H,24,25). The summed E-state index contributed by atoms with van der Waals surface area (Å²) in [6.07, 6.45) is 9.48. The minimum absolute atomic E-state index is 0.0967. The Hall–Kier alpha value is -2.35. The quantitative estimate of drug-likeness (QED) is 0.414. The molecule has 25 heavy (non-hydrogen) atoms. The van der Waals surface area contributed by atoms with Crippen molar-refractivity contribution in [3.63, 3.8) is 0 Å². The molecule has 2 aromatic rings. The largest absolute Gasteiger partial charge is 0.326 e. The zero-order valence-corrected chi connectivity index (χ0v) is 15.4. The number of allylic oxidation sites excluding steroid dienone is 2. The summed E-state index contributed by atoms with van der Waals surface area (Å²) in [6.45, 7) is 4.14. The van der Waals surface area contributed by atoms with Gasteiger partial charge in [-0.3, -0.25) is 4.79 Å². The van der Waals surface area contributed by atoms with E-state index in [-0.39, 0.29) is 11.8 Å². The Morgan fingerprint density at radius 2 is 1.68 bits per heavy atom. The van der Waals surface area contributed by atoms with E-state index in [0.29, 0.717) is 0 Å². The van der Waals surface area contributed by atoms with Crippen molar-refractivity contribution >= 4 is 11.6 Å². The van der Waals surface area contributed by atoms with E-state index in [1.807, 2.05) is 37.3 Å². The second-order valence-corrected chi connectivity index (χ2v) is 6.39. The van der Waals surface area contributed by atoms with Gasteiger partial charge in [-0.05, 0) is 55.9 Å². The Morgan fingerprint density at radius 3 is 2.32 bits per heavy atom. The third kappa shape index (κ3) is 6.22. The molecule has 0 radical (unpaired) electrons. The topological polar surface area (TPSA) is 29.1 Å². The molecular weight excluding hydrogens is 306 g/mol. The highest BCUT2D eigenvalue weighted by Gasteiger charge is 2.16. The molecule has 0 fully saturated rings. The highest BCUT2D eigenvalue weighted by molar-refractivity contribution is 5.92. The van der Waals surface area contributed by atoms with Crippen LogP contribution in [0.2, 0.25) is 0 Å². The van der Waals surface area contributed by atoms with Crippen LogP contribution in [0.4, 0.5) is 5.69 Å². The minimum Gasteiger partial charge on any atom is -0.326 e. The maximum absolute atomic E-state index is 12.5. The molecule has 2 nitrogen and oxygen atoms in total. The first-order valence-electron chi connectivity index (χ1n) is 9.32. The molecule has 0 aliphatic rings. The molecule has 2 aromatic carbocycles. The molecule has 0 saturated carbocycles. The summed E-state index contributed by atoms with van der Waals surface area (Å²) < 4.78 is 0. The van der Waals surface area contributed by atoms with Gasteiger partial charge in [-0.1, -0.05) is 68.0 Å². The summed E-state index contributed by atoms with van der Waals surface area (Å²) in [4.78, 5) is 12.5. The van der Waals surface area contributed by atoms with Crippen LogP contribution in [-0.2, 0) is 4.79 Å². The van der Waals surface area contributed by atoms with E-state index in [1.165, 1.54) is 5.56 Å². The number of unbranched alkanes of at least 4 members (excludes halogenated alkanes) is 2. The van der Waals surface area contributed by atoms with E-state index in [0.717, 1.165) is 43.4 Å². The van der Waals surface area contributed by atoms with Crippen LogP contribution in [0.1, 0.15) is 46.0 Å². The van der Waals surface area contributed by atoms with Gasteiger partial charge >= 0.3 is 0 Å². The van der Waals surface area contributed by atoms with Crippen molar-refractivity contribution in [3.8, 4) is 11.1 Å². The second kappa shape index (κ2) is 10.5. The summed E-state index contributed by atoms with van der Waals surface area (Å²) in [5.74, 6) is 0.236. The Kier molecular flexibility index (Phi) is 7.97. The van der Waals surface area contributed by atoms with Crippen molar-refractivity contribution in [2.45, 2.75) is 46.0 Å². The number of carbonyl (C=O) groups excluding carboxylic acids is 1. The molecular formula is C23H29NO. The van der Waals surface area contributed by atoms with Gasteiger partial charge in [-0.15, -0.1) is 0 Å². The van der Waals surface area contributed by atoms with Gasteiger partial charge in [0.05, 0.1) is 0 Å². The first-order valence-corrected chi connectivity index (χ1v) is 9.32. The van der Waals surface area contributed by atoms with Gasteiger partial charge < -0.3 is 5.32 Å². The number of anilines is 1. The van der Waals surface area contributed by atoms with Crippen molar-refractivity contribution < 1.29 is 4.79 Å². The summed E-state index contributed by atoms with van der Waals surface area (Å²) in [6, 6.07) is 18.4. The first kappa shape index (κ1) is 19.0. The molecule has 0 aliphatic heterocycles. The number of hydrogen-bond donors (Lipinski definition) is 1. The van der Waals surface area contributed by atoms with Crippen molar-refractivity contribution in [2.24, 2.45) is 5.92 Å². The molecule has 1 unspecified atom stereocenters. The summed E-state index contributed by atoms with van der Waals surface area (Å²) in [5.41, 5.74) is 3.22. The SMILES string of the molecule is CC=CCCCCC(CC)C(=O)Nc1ccc(-c2ccccc2)cc1. The van der Waals surface area contributed by atoms with Gasteiger partial charge in [-0.25, -0.2) is 0 Å². The second-order valence-electron chi connectivity index (χ2n) is 6.39. The van der Waals surface area contributed by atoms with Crippen molar-refractivity contribution in [1.29, 1.82) is 0 Å². The lowest BCUT2D eigenvalue weighted by Crippen LogP contribution is -2.22. The molecule has 1 atom stereocenters. The highest BCUT2D eigenvalue weighted by Crippen LogP contribution is 2.22. The molecule has 0 aromatic heterocycles.